The van der Waals surface area contributed by atoms with Gasteiger partial charge in [-0.05, 0) is 105 Å². The number of ether oxygens (including phenoxy) is 3. The van der Waals surface area contributed by atoms with Crippen LogP contribution in [0, 0.1) is 0 Å². The summed E-state index contributed by atoms with van der Waals surface area (Å²) in [7, 11) is 2.03. The standard InChI is InChI=1S/C46H51N5O6/c1-47-17-15-31-23-34(11-14-40(31)47)51(33-9-12-36(52)13-10-33)46(54)39-24-42(49-16-5-4-8-41(39)49)37-25-43-44(57-29-56-43)26-38(37)45(53)50-27-32-7-3-2-6-30(32)22-35(50)28-48-18-20-55-21-19-48/h2-3,6-7,11,14-15,17,23-26,33,35-36,52H,4-5,8-10,12-13,16,18-22,27-29H2,1H3/t33?,35-,36?/m0/s1. The van der Waals surface area contributed by atoms with Crippen LogP contribution in [0.4, 0.5) is 5.69 Å². The number of aryl methyl sites for hydroxylation is 1. The zero-order valence-electron chi connectivity index (χ0n) is 32.7. The summed E-state index contributed by atoms with van der Waals surface area (Å²) in [5, 5.41) is 11.6. The Hall–Kier alpha value is -5.10. The Morgan fingerprint density at radius 2 is 1.65 bits per heavy atom. The molecule has 296 valence electrons. The molecule has 11 nitrogen and oxygen atoms in total. The third kappa shape index (κ3) is 6.69. The first kappa shape index (κ1) is 36.3. The molecule has 1 N–H and O–H groups in total. The van der Waals surface area contributed by atoms with E-state index in [-0.39, 0.29) is 36.8 Å². The van der Waals surface area contributed by atoms with Gasteiger partial charge in [0.05, 0.1) is 30.4 Å². The third-order valence-electron chi connectivity index (χ3n) is 13.1. The molecule has 3 aromatic carbocycles. The quantitative estimate of drug-likeness (QED) is 0.200. The molecule has 6 heterocycles. The van der Waals surface area contributed by atoms with E-state index < -0.39 is 0 Å². The number of carbonyl (C=O) groups excluding carboxylic acids is 2. The fraction of sp³-hybridized carbons (Fsp3) is 0.435. The molecule has 5 aromatic rings. The zero-order valence-corrected chi connectivity index (χ0v) is 32.7. The van der Waals surface area contributed by atoms with Crippen molar-refractivity contribution in [2.45, 2.75) is 82.6 Å². The van der Waals surface area contributed by atoms with E-state index in [4.69, 9.17) is 14.2 Å². The molecule has 1 atom stereocenters. The fourth-order valence-electron chi connectivity index (χ4n) is 10.00. The van der Waals surface area contributed by atoms with Crippen LogP contribution in [0.2, 0.25) is 0 Å². The van der Waals surface area contributed by atoms with E-state index in [1.165, 1.54) is 11.1 Å². The largest absolute Gasteiger partial charge is 0.454 e. The summed E-state index contributed by atoms with van der Waals surface area (Å²) in [5.74, 6) is 1.09. The van der Waals surface area contributed by atoms with E-state index in [1.54, 1.807) is 0 Å². The molecule has 1 saturated heterocycles. The number of fused-ring (bicyclic) bond motifs is 4. The van der Waals surface area contributed by atoms with Crippen LogP contribution >= 0.6 is 0 Å². The highest BCUT2D eigenvalue weighted by atomic mass is 16.7. The molecule has 10 rings (SSSR count). The number of aliphatic hydroxyl groups excluding tert-OH is 1. The van der Waals surface area contributed by atoms with E-state index >= 15 is 9.59 Å². The molecular formula is C46H51N5O6. The minimum atomic E-state index is -0.340. The second kappa shape index (κ2) is 15.0. The lowest BCUT2D eigenvalue weighted by Crippen LogP contribution is -2.52. The van der Waals surface area contributed by atoms with Crippen LogP contribution in [-0.4, -0.2) is 93.7 Å². The Morgan fingerprint density at radius 3 is 2.47 bits per heavy atom. The molecule has 1 saturated carbocycles. The Balaban J connectivity index is 1.07. The van der Waals surface area contributed by atoms with Gasteiger partial charge in [-0.2, -0.15) is 0 Å². The summed E-state index contributed by atoms with van der Waals surface area (Å²) < 4.78 is 21.9. The van der Waals surface area contributed by atoms with Crippen LogP contribution in [0.5, 0.6) is 11.5 Å². The van der Waals surface area contributed by atoms with Gasteiger partial charge in [-0.25, -0.2) is 0 Å². The fourth-order valence-corrected chi connectivity index (χ4v) is 10.00. The lowest BCUT2D eigenvalue weighted by atomic mass is 9.91. The van der Waals surface area contributed by atoms with E-state index in [2.05, 4.69) is 67.5 Å². The summed E-state index contributed by atoms with van der Waals surface area (Å²) in [6.07, 6.45) is 8.01. The van der Waals surface area contributed by atoms with Crippen LogP contribution in [-0.2, 0) is 37.7 Å². The molecule has 57 heavy (non-hydrogen) atoms. The minimum Gasteiger partial charge on any atom is -0.454 e. The van der Waals surface area contributed by atoms with Gasteiger partial charge in [-0.3, -0.25) is 14.5 Å². The van der Waals surface area contributed by atoms with Crippen molar-refractivity contribution in [3.05, 3.63) is 101 Å². The Morgan fingerprint density at radius 1 is 0.860 bits per heavy atom. The van der Waals surface area contributed by atoms with E-state index in [1.807, 2.05) is 36.3 Å². The summed E-state index contributed by atoms with van der Waals surface area (Å²) in [6.45, 7) is 5.23. The van der Waals surface area contributed by atoms with E-state index in [0.717, 1.165) is 98.2 Å². The molecule has 5 aliphatic rings. The molecular weight excluding hydrogens is 719 g/mol. The monoisotopic (exact) mass is 769 g/mol. The first-order chi connectivity index (χ1) is 27.9. The molecule has 0 radical (unpaired) electrons. The van der Waals surface area contributed by atoms with Crippen LogP contribution < -0.4 is 14.4 Å². The number of aromatic nitrogens is 2. The Bertz CT molecular complexity index is 2330. The first-order valence-corrected chi connectivity index (χ1v) is 20.8. The maximum Gasteiger partial charge on any atom is 0.260 e. The van der Waals surface area contributed by atoms with Crippen molar-refractivity contribution in [1.82, 2.24) is 18.9 Å². The van der Waals surface area contributed by atoms with Gasteiger partial charge >= 0.3 is 0 Å². The summed E-state index contributed by atoms with van der Waals surface area (Å²) >= 11 is 0. The summed E-state index contributed by atoms with van der Waals surface area (Å²) in [5.41, 5.74) is 8.30. The van der Waals surface area contributed by atoms with Gasteiger partial charge in [0, 0.05) is 91.6 Å². The van der Waals surface area contributed by atoms with Crippen LogP contribution in [0.25, 0.3) is 22.2 Å². The van der Waals surface area contributed by atoms with Crippen LogP contribution in [0.3, 0.4) is 0 Å². The highest BCUT2D eigenvalue weighted by Crippen LogP contribution is 2.43. The molecule has 4 aliphatic heterocycles. The van der Waals surface area contributed by atoms with Crippen molar-refractivity contribution >= 4 is 28.4 Å². The molecule has 1 aliphatic carbocycles. The van der Waals surface area contributed by atoms with Crippen LogP contribution in [0.15, 0.2) is 72.9 Å². The maximum absolute atomic E-state index is 15.3. The number of amides is 2. The van der Waals surface area contributed by atoms with Gasteiger partial charge in [0.2, 0.25) is 6.79 Å². The molecule has 2 amide bonds. The van der Waals surface area contributed by atoms with Gasteiger partial charge in [0.15, 0.2) is 11.5 Å². The van der Waals surface area contributed by atoms with Gasteiger partial charge in [-0.15, -0.1) is 0 Å². The average Bonchev–Trinajstić information content (AvgIpc) is 3.97. The number of carbonyl (C=O) groups is 2. The number of anilines is 1. The van der Waals surface area contributed by atoms with Crippen molar-refractivity contribution in [2.75, 3.05) is 44.5 Å². The first-order valence-electron chi connectivity index (χ1n) is 20.8. The number of hydrogen-bond acceptors (Lipinski definition) is 7. The number of benzene rings is 3. The number of morpholine rings is 1. The highest BCUT2D eigenvalue weighted by molar-refractivity contribution is 6.10. The SMILES string of the molecule is Cn1ccc2cc(N(C(=O)c3cc(-c4cc5c(cc4C(=O)N4Cc6ccccc6C[C@H]4CN4CCOCC4)OCO5)n4c3CCCC4)C3CCC(O)CC3)ccc21. The van der Waals surface area contributed by atoms with Crippen molar-refractivity contribution in [3.8, 4) is 22.8 Å². The lowest BCUT2D eigenvalue weighted by Gasteiger charge is -2.40. The lowest BCUT2D eigenvalue weighted by molar-refractivity contribution is 0.0193. The Labute approximate surface area is 333 Å². The minimum absolute atomic E-state index is 0.0216. The molecule has 11 heteroatoms. The average molecular weight is 770 g/mol. The molecule has 2 aromatic heterocycles. The van der Waals surface area contributed by atoms with Crippen molar-refractivity contribution in [2.24, 2.45) is 7.05 Å². The van der Waals surface area contributed by atoms with Gasteiger partial charge in [-0.1, -0.05) is 24.3 Å². The molecule has 0 spiro atoms. The van der Waals surface area contributed by atoms with Gasteiger partial charge in [0.1, 0.15) is 0 Å². The van der Waals surface area contributed by atoms with E-state index in [0.29, 0.717) is 55.2 Å². The predicted octanol–water partition coefficient (Wildman–Crippen LogP) is 6.56. The predicted molar refractivity (Wildman–Crippen MR) is 218 cm³/mol. The zero-order chi connectivity index (χ0) is 38.6. The number of rotatable bonds is 7. The number of hydrogen-bond donors (Lipinski definition) is 1. The normalized spacial score (nSPS) is 22.0. The summed E-state index contributed by atoms with van der Waals surface area (Å²) in [6, 6.07) is 22.6. The highest BCUT2D eigenvalue weighted by Gasteiger charge is 2.37. The number of nitrogens with zero attached hydrogens (tertiary/aromatic N) is 5. The molecule has 0 unspecified atom stereocenters. The van der Waals surface area contributed by atoms with Crippen molar-refractivity contribution in [1.29, 1.82) is 0 Å². The van der Waals surface area contributed by atoms with Gasteiger partial charge < -0.3 is 38.3 Å². The second-order valence-corrected chi connectivity index (χ2v) is 16.5. The van der Waals surface area contributed by atoms with E-state index in [9.17, 15) is 5.11 Å². The van der Waals surface area contributed by atoms with Crippen molar-refractivity contribution < 1.29 is 28.9 Å². The molecule has 2 fully saturated rings. The Kier molecular flexibility index (Phi) is 9.55. The number of aliphatic hydroxyl groups is 1. The smallest absolute Gasteiger partial charge is 0.260 e. The third-order valence-corrected chi connectivity index (χ3v) is 13.1. The van der Waals surface area contributed by atoms with Gasteiger partial charge in [0.25, 0.3) is 11.8 Å². The van der Waals surface area contributed by atoms with Crippen LogP contribution in [0.1, 0.15) is 76.1 Å². The molecule has 0 bridgehead atoms. The maximum atomic E-state index is 15.3. The second-order valence-electron chi connectivity index (χ2n) is 16.5. The topological polar surface area (TPSA) is 102 Å². The summed E-state index contributed by atoms with van der Waals surface area (Å²) in [4.78, 5) is 37.1. The van der Waals surface area contributed by atoms with Crippen molar-refractivity contribution in [3.63, 3.8) is 0 Å².